The van der Waals surface area contributed by atoms with Crippen LogP contribution in [-0.4, -0.2) is 6.36 Å². The van der Waals surface area contributed by atoms with Gasteiger partial charge in [0.25, 0.3) is 0 Å². The number of hydrogen-bond donors (Lipinski definition) is 1. The van der Waals surface area contributed by atoms with Gasteiger partial charge in [0.2, 0.25) is 0 Å². The lowest BCUT2D eigenvalue weighted by Crippen LogP contribution is -2.17. The summed E-state index contributed by atoms with van der Waals surface area (Å²) in [5.41, 5.74) is 9.10. The Labute approximate surface area is 121 Å². The van der Waals surface area contributed by atoms with Crippen LogP contribution in [-0.2, 0) is 6.42 Å². The van der Waals surface area contributed by atoms with Gasteiger partial charge in [-0.1, -0.05) is 42.0 Å². The van der Waals surface area contributed by atoms with Crippen LogP contribution in [0, 0.1) is 6.92 Å². The van der Waals surface area contributed by atoms with Crippen LogP contribution < -0.4 is 10.5 Å². The number of halogens is 3. The van der Waals surface area contributed by atoms with Crippen LogP contribution in [0.4, 0.5) is 13.2 Å². The summed E-state index contributed by atoms with van der Waals surface area (Å²) in [6.45, 7) is 2.00. The average Bonchev–Trinajstić information content (AvgIpc) is 2.40. The summed E-state index contributed by atoms with van der Waals surface area (Å²) >= 11 is 0. The maximum absolute atomic E-state index is 12.1. The van der Waals surface area contributed by atoms with Gasteiger partial charge in [-0.3, -0.25) is 0 Å². The van der Waals surface area contributed by atoms with Gasteiger partial charge < -0.3 is 10.5 Å². The standard InChI is InChI=1S/C16H16F3NO/c1-11-2-4-12(5-3-11)10-15(20)13-6-8-14(9-7-13)21-16(17,18)19/h2-9,15H,10,20H2,1H3. The van der Waals surface area contributed by atoms with E-state index >= 15 is 0 Å². The molecule has 0 aliphatic rings. The third-order valence-corrected chi connectivity index (χ3v) is 3.12. The van der Waals surface area contributed by atoms with Crippen LogP contribution in [0.15, 0.2) is 48.5 Å². The molecule has 21 heavy (non-hydrogen) atoms. The lowest BCUT2D eigenvalue weighted by molar-refractivity contribution is -0.274. The van der Waals surface area contributed by atoms with Crippen molar-refractivity contribution in [3.63, 3.8) is 0 Å². The fraction of sp³-hybridized carbons (Fsp3) is 0.250. The number of ether oxygens (including phenoxy) is 1. The van der Waals surface area contributed by atoms with Crippen LogP contribution in [0.2, 0.25) is 0 Å². The van der Waals surface area contributed by atoms with E-state index in [1.54, 1.807) is 12.1 Å². The summed E-state index contributed by atoms with van der Waals surface area (Å²) in [4.78, 5) is 0. The maximum atomic E-state index is 12.1. The van der Waals surface area contributed by atoms with Crippen LogP contribution in [0.3, 0.4) is 0 Å². The summed E-state index contributed by atoms with van der Waals surface area (Å²) in [6.07, 6.45) is -4.05. The van der Waals surface area contributed by atoms with Crippen LogP contribution >= 0.6 is 0 Å². The van der Waals surface area contributed by atoms with Crippen molar-refractivity contribution in [1.82, 2.24) is 0 Å². The monoisotopic (exact) mass is 295 g/mol. The molecule has 5 heteroatoms. The smallest absolute Gasteiger partial charge is 0.406 e. The van der Waals surface area contributed by atoms with Gasteiger partial charge in [0, 0.05) is 6.04 Å². The van der Waals surface area contributed by atoms with E-state index in [4.69, 9.17) is 5.73 Å². The van der Waals surface area contributed by atoms with Crippen molar-refractivity contribution in [2.75, 3.05) is 0 Å². The van der Waals surface area contributed by atoms with E-state index in [9.17, 15) is 13.2 Å². The van der Waals surface area contributed by atoms with Crippen molar-refractivity contribution in [2.45, 2.75) is 25.7 Å². The number of benzene rings is 2. The second-order valence-corrected chi connectivity index (χ2v) is 4.91. The first-order chi connectivity index (χ1) is 9.83. The largest absolute Gasteiger partial charge is 0.573 e. The molecule has 0 fully saturated rings. The molecule has 2 N–H and O–H groups in total. The normalized spacial score (nSPS) is 13.0. The zero-order valence-electron chi connectivity index (χ0n) is 11.5. The SMILES string of the molecule is Cc1ccc(CC(N)c2ccc(OC(F)(F)F)cc2)cc1. The quantitative estimate of drug-likeness (QED) is 0.920. The number of aryl methyl sites for hydroxylation is 1. The van der Waals surface area contributed by atoms with Gasteiger partial charge in [-0.2, -0.15) is 0 Å². The van der Waals surface area contributed by atoms with Gasteiger partial charge in [0.05, 0.1) is 0 Å². The minimum absolute atomic E-state index is 0.242. The molecule has 0 spiro atoms. The maximum Gasteiger partial charge on any atom is 0.573 e. The minimum atomic E-state index is -4.68. The Hall–Kier alpha value is -2.01. The molecule has 0 aliphatic heterocycles. The zero-order valence-corrected chi connectivity index (χ0v) is 11.5. The predicted octanol–water partition coefficient (Wildman–Crippen LogP) is 4.14. The Morgan fingerprint density at radius 2 is 1.57 bits per heavy atom. The highest BCUT2D eigenvalue weighted by Gasteiger charge is 2.31. The van der Waals surface area contributed by atoms with Gasteiger partial charge in [-0.05, 0) is 36.6 Å². The van der Waals surface area contributed by atoms with Crippen LogP contribution in [0.5, 0.6) is 5.75 Å². The highest BCUT2D eigenvalue weighted by Crippen LogP contribution is 2.24. The molecule has 1 unspecified atom stereocenters. The van der Waals surface area contributed by atoms with Crippen molar-refractivity contribution in [3.8, 4) is 5.75 Å². The molecule has 0 heterocycles. The summed E-state index contributed by atoms with van der Waals surface area (Å²) in [7, 11) is 0. The molecule has 0 saturated carbocycles. The van der Waals surface area contributed by atoms with E-state index in [-0.39, 0.29) is 11.8 Å². The Balaban J connectivity index is 2.02. The Morgan fingerprint density at radius 1 is 1.00 bits per heavy atom. The van der Waals surface area contributed by atoms with Crippen LogP contribution in [0.1, 0.15) is 22.7 Å². The Kier molecular flexibility index (Phi) is 4.53. The van der Waals surface area contributed by atoms with Crippen LogP contribution in [0.25, 0.3) is 0 Å². The molecule has 0 amide bonds. The molecule has 0 aromatic heterocycles. The van der Waals surface area contributed by atoms with E-state index in [1.165, 1.54) is 17.7 Å². The second kappa shape index (κ2) is 6.18. The lowest BCUT2D eigenvalue weighted by Gasteiger charge is -2.14. The van der Waals surface area contributed by atoms with E-state index in [1.807, 2.05) is 31.2 Å². The molecule has 2 aromatic rings. The lowest BCUT2D eigenvalue weighted by atomic mass is 9.99. The first-order valence-corrected chi connectivity index (χ1v) is 6.50. The molecular weight excluding hydrogens is 279 g/mol. The summed E-state index contributed by atoms with van der Waals surface area (Å²) in [5.74, 6) is -0.242. The molecule has 0 radical (unpaired) electrons. The topological polar surface area (TPSA) is 35.2 Å². The van der Waals surface area contributed by atoms with E-state index in [0.29, 0.717) is 6.42 Å². The van der Waals surface area contributed by atoms with Gasteiger partial charge in [0.15, 0.2) is 0 Å². The first kappa shape index (κ1) is 15.4. The second-order valence-electron chi connectivity index (χ2n) is 4.91. The first-order valence-electron chi connectivity index (χ1n) is 6.50. The Morgan fingerprint density at radius 3 is 2.10 bits per heavy atom. The minimum Gasteiger partial charge on any atom is -0.406 e. The summed E-state index contributed by atoms with van der Waals surface area (Å²) < 4.78 is 40.0. The average molecular weight is 295 g/mol. The molecule has 0 saturated heterocycles. The third kappa shape index (κ3) is 4.79. The summed E-state index contributed by atoms with van der Waals surface area (Å²) in [5, 5.41) is 0. The van der Waals surface area contributed by atoms with Crippen molar-refractivity contribution in [2.24, 2.45) is 5.73 Å². The Bertz CT molecular complexity index is 576. The number of rotatable bonds is 4. The van der Waals surface area contributed by atoms with E-state index < -0.39 is 6.36 Å². The van der Waals surface area contributed by atoms with Crippen molar-refractivity contribution in [1.29, 1.82) is 0 Å². The number of alkyl halides is 3. The van der Waals surface area contributed by atoms with E-state index in [2.05, 4.69) is 4.74 Å². The molecule has 112 valence electrons. The molecule has 2 aromatic carbocycles. The fourth-order valence-electron chi connectivity index (χ4n) is 2.01. The van der Waals surface area contributed by atoms with Gasteiger partial charge in [-0.25, -0.2) is 0 Å². The van der Waals surface area contributed by atoms with Gasteiger partial charge >= 0.3 is 6.36 Å². The highest BCUT2D eigenvalue weighted by molar-refractivity contribution is 5.31. The molecule has 1 atom stereocenters. The van der Waals surface area contributed by atoms with Crippen molar-refractivity contribution in [3.05, 3.63) is 65.2 Å². The van der Waals surface area contributed by atoms with Crippen molar-refractivity contribution >= 4 is 0 Å². The molecule has 0 aliphatic carbocycles. The van der Waals surface area contributed by atoms with Gasteiger partial charge in [0.1, 0.15) is 5.75 Å². The highest BCUT2D eigenvalue weighted by atomic mass is 19.4. The van der Waals surface area contributed by atoms with Crippen molar-refractivity contribution < 1.29 is 17.9 Å². The van der Waals surface area contributed by atoms with E-state index in [0.717, 1.165) is 11.1 Å². The molecular formula is C16H16F3NO. The van der Waals surface area contributed by atoms with Gasteiger partial charge in [-0.15, -0.1) is 13.2 Å². The predicted molar refractivity (Wildman–Crippen MR) is 74.9 cm³/mol. The number of nitrogens with two attached hydrogens (primary N) is 1. The third-order valence-electron chi connectivity index (χ3n) is 3.12. The molecule has 2 rings (SSSR count). The fourth-order valence-corrected chi connectivity index (χ4v) is 2.01. The zero-order chi connectivity index (χ0) is 15.5. The molecule has 2 nitrogen and oxygen atoms in total. The number of hydrogen-bond acceptors (Lipinski definition) is 2. The summed E-state index contributed by atoms with van der Waals surface area (Å²) in [6, 6.07) is 13.4. The molecule has 0 bridgehead atoms.